The maximum Gasteiger partial charge on any atom is 0.159 e. The predicted octanol–water partition coefficient (Wildman–Crippen LogP) is 2.60. The number of hydrogen-bond donors (Lipinski definition) is 2. The first-order chi connectivity index (χ1) is 7.92. The molecule has 0 fully saturated rings. The standard InChI is InChI=1S/C13H20F2N2/c1-13(2,6-7-16)12(17-3)9-4-5-10(14)11(15)8-9/h4-5,8,12,17H,6-7,16H2,1-3H3. The molecule has 0 radical (unpaired) electrons. The zero-order valence-corrected chi connectivity index (χ0v) is 10.6. The van der Waals surface area contributed by atoms with Gasteiger partial charge in [0.2, 0.25) is 0 Å². The molecule has 2 nitrogen and oxygen atoms in total. The lowest BCUT2D eigenvalue weighted by atomic mass is 9.78. The van der Waals surface area contributed by atoms with Crippen molar-refractivity contribution in [2.75, 3.05) is 13.6 Å². The van der Waals surface area contributed by atoms with Crippen molar-refractivity contribution in [1.29, 1.82) is 0 Å². The van der Waals surface area contributed by atoms with Crippen LogP contribution in [0.2, 0.25) is 0 Å². The fraction of sp³-hybridized carbons (Fsp3) is 0.538. The Morgan fingerprint density at radius 2 is 1.94 bits per heavy atom. The molecule has 0 spiro atoms. The highest BCUT2D eigenvalue weighted by Gasteiger charge is 2.29. The molecular formula is C13H20F2N2. The normalized spacial score (nSPS) is 13.8. The molecule has 1 aromatic carbocycles. The van der Waals surface area contributed by atoms with Crippen LogP contribution in [0.15, 0.2) is 18.2 Å². The van der Waals surface area contributed by atoms with Crippen molar-refractivity contribution in [2.24, 2.45) is 11.1 Å². The summed E-state index contributed by atoms with van der Waals surface area (Å²) in [6.07, 6.45) is 0.803. The summed E-state index contributed by atoms with van der Waals surface area (Å²) in [4.78, 5) is 0. The van der Waals surface area contributed by atoms with Gasteiger partial charge >= 0.3 is 0 Å². The molecule has 0 bridgehead atoms. The molecule has 17 heavy (non-hydrogen) atoms. The van der Waals surface area contributed by atoms with Crippen LogP contribution in [-0.2, 0) is 0 Å². The number of hydrogen-bond acceptors (Lipinski definition) is 2. The Balaban J connectivity index is 3.05. The first-order valence-electron chi connectivity index (χ1n) is 5.74. The third-order valence-electron chi connectivity index (χ3n) is 3.14. The maximum absolute atomic E-state index is 13.2. The van der Waals surface area contributed by atoms with Crippen molar-refractivity contribution in [2.45, 2.75) is 26.3 Å². The molecule has 96 valence electrons. The lowest BCUT2D eigenvalue weighted by Crippen LogP contribution is -2.33. The minimum atomic E-state index is -0.819. The van der Waals surface area contributed by atoms with Crippen LogP contribution in [0, 0.1) is 17.0 Å². The van der Waals surface area contributed by atoms with Crippen molar-refractivity contribution >= 4 is 0 Å². The van der Waals surface area contributed by atoms with Crippen molar-refractivity contribution < 1.29 is 8.78 Å². The third-order valence-corrected chi connectivity index (χ3v) is 3.14. The zero-order valence-electron chi connectivity index (χ0n) is 10.6. The summed E-state index contributed by atoms with van der Waals surface area (Å²) < 4.78 is 26.1. The molecular weight excluding hydrogens is 222 g/mol. The van der Waals surface area contributed by atoms with E-state index in [4.69, 9.17) is 5.73 Å². The van der Waals surface area contributed by atoms with Gasteiger partial charge in [-0.3, -0.25) is 0 Å². The lowest BCUT2D eigenvalue weighted by Gasteiger charge is -2.34. The van der Waals surface area contributed by atoms with E-state index < -0.39 is 11.6 Å². The average molecular weight is 242 g/mol. The Bertz CT molecular complexity index is 378. The van der Waals surface area contributed by atoms with Gasteiger partial charge in [-0.15, -0.1) is 0 Å². The van der Waals surface area contributed by atoms with Gasteiger partial charge in [-0.05, 0) is 43.1 Å². The van der Waals surface area contributed by atoms with E-state index in [0.29, 0.717) is 6.54 Å². The smallest absolute Gasteiger partial charge is 0.159 e. The highest BCUT2D eigenvalue weighted by Crippen LogP contribution is 2.36. The Kier molecular flexibility index (Phi) is 4.60. The summed E-state index contributed by atoms with van der Waals surface area (Å²) in [6.45, 7) is 4.68. The minimum absolute atomic E-state index is 0.0545. The molecule has 0 saturated carbocycles. The highest BCUT2D eigenvalue weighted by molar-refractivity contribution is 5.23. The van der Waals surface area contributed by atoms with Crippen molar-refractivity contribution in [1.82, 2.24) is 5.32 Å². The molecule has 0 amide bonds. The Hall–Kier alpha value is -1.00. The largest absolute Gasteiger partial charge is 0.330 e. The van der Waals surface area contributed by atoms with Gasteiger partial charge in [0, 0.05) is 6.04 Å². The topological polar surface area (TPSA) is 38.0 Å². The molecule has 1 rings (SSSR count). The van der Waals surface area contributed by atoms with Crippen LogP contribution >= 0.6 is 0 Å². The highest BCUT2D eigenvalue weighted by atomic mass is 19.2. The van der Waals surface area contributed by atoms with Gasteiger partial charge in [-0.25, -0.2) is 8.78 Å². The van der Waals surface area contributed by atoms with Crippen LogP contribution in [0.3, 0.4) is 0 Å². The first-order valence-corrected chi connectivity index (χ1v) is 5.74. The summed E-state index contributed by atoms with van der Waals surface area (Å²) in [5.41, 5.74) is 6.20. The van der Waals surface area contributed by atoms with Gasteiger partial charge in [0.05, 0.1) is 0 Å². The minimum Gasteiger partial charge on any atom is -0.330 e. The molecule has 0 aliphatic rings. The summed E-state index contributed by atoms with van der Waals surface area (Å²) in [6, 6.07) is 3.96. The molecule has 0 aliphatic heterocycles. The zero-order chi connectivity index (χ0) is 13.1. The SMILES string of the molecule is CNC(c1ccc(F)c(F)c1)C(C)(C)CCN. The second-order valence-corrected chi connectivity index (χ2v) is 4.92. The summed E-state index contributed by atoms with van der Waals surface area (Å²) in [5.74, 6) is -1.63. The predicted molar refractivity (Wildman–Crippen MR) is 65.6 cm³/mol. The van der Waals surface area contributed by atoms with Gasteiger partial charge in [0.1, 0.15) is 0 Å². The van der Waals surface area contributed by atoms with Crippen LogP contribution < -0.4 is 11.1 Å². The van der Waals surface area contributed by atoms with Gasteiger partial charge in [-0.1, -0.05) is 19.9 Å². The molecule has 0 heterocycles. The number of rotatable bonds is 5. The van der Waals surface area contributed by atoms with Gasteiger partial charge in [0.25, 0.3) is 0 Å². The molecule has 1 unspecified atom stereocenters. The summed E-state index contributed by atoms with van der Waals surface area (Å²) >= 11 is 0. The third kappa shape index (κ3) is 3.23. The van der Waals surface area contributed by atoms with E-state index in [1.165, 1.54) is 6.07 Å². The van der Waals surface area contributed by atoms with Gasteiger partial charge in [0.15, 0.2) is 11.6 Å². The van der Waals surface area contributed by atoms with E-state index in [-0.39, 0.29) is 11.5 Å². The number of benzene rings is 1. The maximum atomic E-state index is 13.2. The van der Waals surface area contributed by atoms with Gasteiger partial charge in [-0.2, -0.15) is 0 Å². The number of nitrogens with one attached hydrogen (secondary N) is 1. The molecule has 1 atom stereocenters. The molecule has 0 aromatic heterocycles. The van der Waals surface area contributed by atoms with E-state index in [9.17, 15) is 8.78 Å². The van der Waals surface area contributed by atoms with E-state index in [2.05, 4.69) is 19.2 Å². The van der Waals surface area contributed by atoms with Crippen LogP contribution in [0.5, 0.6) is 0 Å². The molecule has 3 N–H and O–H groups in total. The number of nitrogens with two attached hydrogens (primary N) is 1. The Morgan fingerprint density at radius 1 is 1.29 bits per heavy atom. The summed E-state index contributed by atoms with van der Waals surface area (Å²) in [5, 5.41) is 3.15. The van der Waals surface area contributed by atoms with Crippen molar-refractivity contribution in [3.8, 4) is 0 Å². The fourth-order valence-corrected chi connectivity index (χ4v) is 2.22. The second-order valence-electron chi connectivity index (χ2n) is 4.92. The van der Waals surface area contributed by atoms with E-state index in [0.717, 1.165) is 18.1 Å². The average Bonchev–Trinajstić information content (AvgIpc) is 2.23. The fourth-order valence-electron chi connectivity index (χ4n) is 2.22. The molecule has 0 aliphatic carbocycles. The molecule has 0 saturated heterocycles. The Labute approximate surface area is 101 Å². The van der Waals surface area contributed by atoms with Crippen LogP contribution in [-0.4, -0.2) is 13.6 Å². The van der Waals surface area contributed by atoms with Crippen molar-refractivity contribution in [3.05, 3.63) is 35.4 Å². The van der Waals surface area contributed by atoms with Crippen LogP contribution in [0.4, 0.5) is 8.78 Å². The van der Waals surface area contributed by atoms with Crippen molar-refractivity contribution in [3.63, 3.8) is 0 Å². The summed E-state index contributed by atoms with van der Waals surface area (Å²) in [7, 11) is 1.81. The van der Waals surface area contributed by atoms with E-state index in [1.807, 2.05) is 7.05 Å². The van der Waals surface area contributed by atoms with E-state index >= 15 is 0 Å². The quantitative estimate of drug-likeness (QED) is 0.833. The van der Waals surface area contributed by atoms with Crippen LogP contribution in [0.1, 0.15) is 31.9 Å². The Morgan fingerprint density at radius 3 is 2.41 bits per heavy atom. The second kappa shape index (κ2) is 5.56. The number of halogens is 2. The monoisotopic (exact) mass is 242 g/mol. The first kappa shape index (κ1) is 14.1. The van der Waals surface area contributed by atoms with Crippen LogP contribution in [0.25, 0.3) is 0 Å². The molecule has 4 heteroatoms. The lowest BCUT2D eigenvalue weighted by molar-refractivity contribution is 0.238. The van der Waals surface area contributed by atoms with Gasteiger partial charge < -0.3 is 11.1 Å². The van der Waals surface area contributed by atoms with E-state index in [1.54, 1.807) is 6.07 Å². The molecule has 1 aromatic rings.